The summed E-state index contributed by atoms with van der Waals surface area (Å²) in [5, 5.41) is 3.38. The summed E-state index contributed by atoms with van der Waals surface area (Å²) in [5.41, 5.74) is 8.48. The fourth-order valence-electron chi connectivity index (χ4n) is 4.26. The molecule has 3 N–H and O–H groups in total. The van der Waals surface area contributed by atoms with E-state index in [-0.39, 0.29) is 5.95 Å². The Balaban J connectivity index is 1.14. The van der Waals surface area contributed by atoms with Gasteiger partial charge in [-0.3, -0.25) is 4.90 Å². The summed E-state index contributed by atoms with van der Waals surface area (Å²) in [4.78, 5) is 13.5. The normalized spacial score (nSPS) is 15.4. The fourth-order valence-corrected chi connectivity index (χ4v) is 4.26. The molecular weight excluding hydrogens is 432 g/mol. The predicted octanol–water partition coefficient (Wildman–Crippen LogP) is 2.77. The highest BCUT2D eigenvalue weighted by Crippen LogP contribution is 2.33. The van der Waals surface area contributed by atoms with Crippen molar-refractivity contribution in [3.63, 3.8) is 0 Å². The van der Waals surface area contributed by atoms with Gasteiger partial charge in [0.2, 0.25) is 12.7 Å². The Kier molecular flexibility index (Phi) is 6.53. The number of nitrogens with two attached hydrogens (primary N) is 1. The molecule has 2 aliphatic heterocycles. The number of hydrogen-bond donors (Lipinski definition) is 2. The number of benzene rings is 2. The third-order valence-electron chi connectivity index (χ3n) is 6.15. The van der Waals surface area contributed by atoms with Crippen molar-refractivity contribution < 1.29 is 14.2 Å². The Morgan fingerprint density at radius 3 is 2.50 bits per heavy atom. The molecule has 1 aromatic heterocycles. The molecule has 178 valence electrons. The first kappa shape index (κ1) is 22.1. The largest absolute Gasteiger partial charge is 0.497 e. The van der Waals surface area contributed by atoms with Crippen LogP contribution in [0, 0.1) is 0 Å². The molecule has 0 aliphatic carbocycles. The first-order valence-electron chi connectivity index (χ1n) is 11.5. The minimum Gasteiger partial charge on any atom is -0.497 e. The van der Waals surface area contributed by atoms with E-state index < -0.39 is 0 Å². The van der Waals surface area contributed by atoms with Gasteiger partial charge in [0.1, 0.15) is 17.4 Å². The van der Waals surface area contributed by atoms with Gasteiger partial charge in [-0.15, -0.1) is 0 Å². The molecule has 3 heterocycles. The molecule has 0 spiro atoms. The molecule has 34 heavy (non-hydrogen) atoms. The lowest BCUT2D eigenvalue weighted by Crippen LogP contribution is -2.46. The van der Waals surface area contributed by atoms with E-state index >= 15 is 0 Å². The lowest BCUT2D eigenvalue weighted by atomic mass is 10.1. The molecule has 0 saturated carbocycles. The second kappa shape index (κ2) is 10.0. The highest BCUT2D eigenvalue weighted by Gasteiger charge is 2.20. The lowest BCUT2D eigenvalue weighted by Gasteiger charge is -2.35. The Morgan fingerprint density at radius 1 is 0.941 bits per heavy atom. The van der Waals surface area contributed by atoms with E-state index in [0.29, 0.717) is 6.79 Å². The van der Waals surface area contributed by atoms with Gasteiger partial charge in [-0.25, -0.2) is 0 Å². The molecule has 0 atom stereocenters. The van der Waals surface area contributed by atoms with Crippen molar-refractivity contribution in [2.24, 2.45) is 0 Å². The fraction of sp³-hybridized carbons (Fsp3) is 0.360. The number of fused-ring (bicyclic) bond motifs is 1. The first-order chi connectivity index (χ1) is 16.7. The van der Waals surface area contributed by atoms with Crippen LogP contribution in [0.25, 0.3) is 0 Å². The Labute approximate surface area is 199 Å². The topological polar surface area (TPSA) is 98.0 Å². The van der Waals surface area contributed by atoms with Crippen LogP contribution < -0.4 is 30.2 Å². The van der Waals surface area contributed by atoms with Gasteiger partial charge in [0, 0.05) is 45.3 Å². The zero-order chi connectivity index (χ0) is 23.3. The highest BCUT2D eigenvalue weighted by atomic mass is 16.7. The lowest BCUT2D eigenvalue weighted by molar-refractivity contribution is 0.174. The van der Waals surface area contributed by atoms with E-state index in [9.17, 15) is 0 Å². The standard InChI is InChI=1S/C25H30N6O3/c1-32-20-5-2-18(3-6-20)8-9-27-23-15-24(29-25(26)28-23)31-12-10-30(11-13-31)16-19-4-7-21-22(14-19)34-17-33-21/h2-7,14-15H,8-13,16-17H2,1H3,(H3,26,27,28,29). The monoisotopic (exact) mass is 462 g/mol. The zero-order valence-electron chi connectivity index (χ0n) is 19.4. The van der Waals surface area contributed by atoms with Crippen molar-refractivity contribution >= 4 is 17.6 Å². The number of methoxy groups -OCH3 is 1. The van der Waals surface area contributed by atoms with Gasteiger partial charge in [-0.05, 0) is 41.8 Å². The predicted molar refractivity (Wildman–Crippen MR) is 132 cm³/mol. The summed E-state index contributed by atoms with van der Waals surface area (Å²) < 4.78 is 16.1. The molecule has 0 unspecified atom stereocenters. The zero-order valence-corrected chi connectivity index (χ0v) is 19.4. The summed E-state index contributed by atoms with van der Waals surface area (Å²) in [6.45, 7) is 5.59. The number of piperazine rings is 1. The van der Waals surface area contributed by atoms with E-state index in [2.05, 4.69) is 49.4 Å². The number of nitrogens with zero attached hydrogens (tertiary/aromatic N) is 4. The molecule has 1 fully saturated rings. The van der Waals surface area contributed by atoms with E-state index in [0.717, 1.165) is 74.6 Å². The molecule has 2 aromatic carbocycles. The highest BCUT2D eigenvalue weighted by molar-refractivity contribution is 5.53. The molecule has 0 bridgehead atoms. The van der Waals surface area contributed by atoms with Gasteiger partial charge in [-0.1, -0.05) is 18.2 Å². The number of nitrogen functional groups attached to an aromatic ring is 1. The third-order valence-corrected chi connectivity index (χ3v) is 6.15. The Morgan fingerprint density at radius 2 is 1.71 bits per heavy atom. The SMILES string of the molecule is COc1ccc(CCNc2cc(N3CCN(Cc4ccc5c(c4)OCO5)CC3)nc(N)n2)cc1. The molecular formula is C25H30N6O3. The molecule has 2 aliphatic rings. The van der Waals surface area contributed by atoms with E-state index in [1.165, 1.54) is 11.1 Å². The second-order valence-corrected chi connectivity index (χ2v) is 8.45. The first-order valence-corrected chi connectivity index (χ1v) is 11.5. The molecule has 1 saturated heterocycles. The van der Waals surface area contributed by atoms with Crippen molar-refractivity contribution in [2.45, 2.75) is 13.0 Å². The number of aromatic nitrogens is 2. The number of nitrogens with one attached hydrogen (secondary N) is 1. The quantitative estimate of drug-likeness (QED) is 0.524. The van der Waals surface area contributed by atoms with Crippen LogP contribution in [0.15, 0.2) is 48.5 Å². The van der Waals surface area contributed by atoms with Crippen molar-refractivity contribution in [3.05, 3.63) is 59.7 Å². The number of rotatable bonds is 8. The van der Waals surface area contributed by atoms with Crippen LogP contribution in [0.1, 0.15) is 11.1 Å². The van der Waals surface area contributed by atoms with Gasteiger partial charge in [-0.2, -0.15) is 9.97 Å². The van der Waals surface area contributed by atoms with Crippen LogP contribution in [-0.4, -0.2) is 61.5 Å². The summed E-state index contributed by atoms with van der Waals surface area (Å²) in [6, 6.07) is 16.2. The van der Waals surface area contributed by atoms with Crippen molar-refractivity contribution in [1.29, 1.82) is 0 Å². The van der Waals surface area contributed by atoms with E-state index in [1.54, 1.807) is 7.11 Å². The summed E-state index contributed by atoms with van der Waals surface area (Å²) in [6.07, 6.45) is 0.877. The van der Waals surface area contributed by atoms with E-state index in [1.807, 2.05) is 24.3 Å². The maximum atomic E-state index is 6.02. The molecule has 9 nitrogen and oxygen atoms in total. The Hall–Kier alpha value is -3.72. The van der Waals surface area contributed by atoms with Crippen LogP contribution in [0.4, 0.5) is 17.6 Å². The van der Waals surface area contributed by atoms with Gasteiger partial charge in [0.05, 0.1) is 7.11 Å². The van der Waals surface area contributed by atoms with Gasteiger partial charge < -0.3 is 30.2 Å². The van der Waals surface area contributed by atoms with Crippen molar-refractivity contribution in [2.75, 3.05) is 62.6 Å². The molecule has 3 aromatic rings. The van der Waals surface area contributed by atoms with Gasteiger partial charge in [0.25, 0.3) is 0 Å². The molecule has 0 amide bonds. The van der Waals surface area contributed by atoms with Gasteiger partial charge >= 0.3 is 0 Å². The second-order valence-electron chi connectivity index (χ2n) is 8.45. The van der Waals surface area contributed by atoms with Crippen LogP contribution in [0.5, 0.6) is 17.2 Å². The maximum Gasteiger partial charge on any atom is 0.231 e. The van der Waals surface area contributed by atoms with Crippen LogP contribution in [0.3, 0.4) is 0 Å². The van der Waals surface area contributed by atoms with Gasteiger partial charge in [0.15, 0.2) is 11.5 Å². The summed E-state index contributed by atoms with van der Waals surface area (Å²) in [7, 11) is 1.67. The number of anilines is 3. The summed E-state index contributed by atoms with van der Waals surface area (Å²) >= 11 is 0. The smallest absolute Gasteiger partial charge is 0.231 e. The molecule has 0 radical (unpaired) electrons. The Bertz CT molecular complexity index is 1120. The minimum absolute atomic E-state index is 0.284. The molecule has 5 rings (SSSR count). The average molecular weight is 463 g/mol. The minimum atomic E-state index is 0.284. The van der Waals surface area contributed by atoms with Crippen LogP contribution >= 0.6 is 0 Å². The summed E-state index contributed by atoms with van der Waals surface area (Å²) in [5.74, 6) is 4.41. The number of hydrogen-bond acceptors (Lipinski definition) is 9. The van der Waals surface area contributed by atoms with Crippen molar-refractivity contribution in [1.82, 2.24) is 14.9 Å². The van der Waals surface area contributed by atoms with Crippen LogP contribution in [-0.2, 0) is 13.0 Å². The maximum absolute atomic E-state index is 6.02. The third kappa shape index (κ3) is 5.26. The molecule has 9 heteroatoms. The van der Waals surface area contributed by atoms with Crippen molar-refractivity contribution in [3.8, 4) is 17.2 Å². The average Bonchev–Trinajstić information content (AvgIpc) is 3.33. The van der Waals surface area contributed by atoms with Crippen LogP contribution in [0.2, 0.25) is 0 Å². The number of ether oxygens (including phenoxy) is 3. The van der Waals surface area contributed by atoms with E-state index in [4.69, 9.17) is 19.9 Å².